The molecule has 1 atom stereocenters. The number of nitrogens with one attached hydrogen (secondary N) is 2. The van der Waals surface area contributed by atoms with E-state index in [1.807, 2.05) is 13.0 Å². The van der Waals surface area contributed by atoms with E-state index in [4.69, 9.17) is 11.6 Å². The topological polar surface area (TPSA) is 67.9 Å². The van der Waals surface area contributed by atoms with Crippen molar-refractivity contribution in [2.75, 3.05) is 63.6 Å². The summed E-state index contributed by atoms with van der Waals surface area (Å²) in [5.74, 6) is -1.33. The molecular formula is C25H32ClN5O2. The summed E-state index contributed by atoms with van der Waals surface area (Å²) < 4.78 is 0. The molecule has 0 aromatic heterocycles. The van der Waals surface area contributed by atoms with Gasteiger partial charge in [-0.1, -0.05) is 29.8 Å². The molecule has 33 heavy (non-hydrogen) atoms. The van der Waals surface area contributed by atoms with Crippen LogP contribution < -0.4 is 15.5 Å². The summed E-state index contributed by atoms with van der Waals surface area (Å²) in [5.41, 5.74) is 5.19. The molecule has 176 valence electrons. The first-order valence-corrected chi connectivity index (χ1v) is 11.8. The van der Waals surface area contributed by atoms with E-state index in [9.17, 15) is 9.59 Å². The Balaban J connectivity index is 1.46. The van der Waals surface area contributed by atoms with Crippen LogP contribution in [0.15, 0.2) is 36.4 Å². The Labute approximate surface area is 200 Å². The molecule has 2 aromatic carbocycles. The van der Waals surface area contributed by atoms with Gasteiger partial charge in [0.25, 0.3) is 0 Å². The second kappa shape index (κ2) is 10.1. The standard InChI is InChI=1S/C25H32ClN5O2/c1-17-4-6-20(26)15-21(17)28-25(33)24(32)27-16-23(31-12-10-29(2)11-13-31)18-5-7-22-19(14-18)8-9-30(22)3/h4-7,14-15,23H,8-13,16H2,1-3H3,(H,27,32)(H,28,33). The lowest BCUT2D eigenvalue weighted by atomic mass is 10.00. The van der Waals surface area contributed by atoms with Crippen molar-refractivity contribution < 1.29 is 9.59 Å². The number of nitrogens with zero attached hydrogens (tertiary/aromatic N) is 3. The largest absolute Gasteiger partial charge is 0.374 e. The Morgan fingerprint density at radius 1 is 1.00 bits per heavy atom. The van der Waals surface area contributed by atoms with Crippen molar-refractivity contribution in [2.45, 2.75) is 19.4 Å². The normalized spacial score (nSPS) is 17.5. The van der Waals surface area contributed by atoms with Crippen molar-refractivity contribution >= 4 is 34.8 Å². The van der Waals surface area contributed by atoms with Gasteiger partial charge in [0.15, 0.2) is 0 Å². The molecule has 0 saturated carbocycles. The minimum Gasteiger partial charge on any atom is -0.374 e. The van der Waals surface area contributed by atoms with Crippen LogP contribution in [0.5, 0.6) is 0 Å². The molecule has 0 bridgehead atoms. The van der Waals surface area contributed by atoms with E-state index >= 15 is 0 Å². The van der Waals surface area contributed by atoms with Crippen LogP contribution in [0.4, 0.5) is 11.4 Å². The summed E-state index contributed by atoms with van der Waals surface area (Å²) in [6, 6.07) is 11.8. The summed E-state index contributed by atoms with van der Waals surface area (Å²) in [7, 11) is 4.24. The Hall–Kier alpha value is -2.61. The average molecular weight is 470 g/mol. The monoisotopic (exact) mass is 469 g/mol. The number of halogens is 1. The molecule has 2 aliphatic rings. The number of likely N-dealkylation sites (N-methyl/N-ethyl adjacent to an activating group) is 2. The van der Waals surface area contributed by atoms with Gasteiger partial charge < -0.3 is 20.4 Å². The van der Waals surface area contributed by atoms with Crippen molar-refractivity contribution in [2.24, 2.45) is 0 Å². The van der Waals surface area contributed by atoms with Gasteiger partial charge >= 0.3 is 11.8 Å². The lowest BCUT2D eigenvalue weighted by Gasteiger charge is -2.38. The Kier molecular flexibility index (Phi) is 7.22. The molecule has 0 radical (unpaired) electrons. The van der Waals surface area contributed by atoms with Gasteiger partial charge in [-0.05, 0) is 55.3 Å². The predicted molar refractivity (Wildman–Crippen MR) is 133 cm³/mol. The number of rotatable bonds is 5. The van der Waals surface area contributed by atoms with Gasteiger partial charge in [0.1, 0.15) is 0 Å². The Morgan fingerprint density at radius 2 is 1.76 bits per heavy atom. The molecule has 1 saturated heterocycles. The first-order valence-electron chi connectivity index (χ1n) is 11.4. The van der Waals surface area contributed by atoms with Gasteiger partial charge in [-0.15, -0.1) is 0 Å². The molecule has 1 fully saturated rings. The summed E-state index contributed by atoms with van der Waals surface area (Å²) in [4.78, 5) is 32.2. The molecule has 2 N–H and O–H groups in total. The van der Waals surface area contributed by atoms with Crippen LogP contribution >= 0.6 is 11.6 Å². The fourth-order valence-electron chi connectivity index (χ4n) is 4.56. The number of anilines is 2. The Bertz CT molecular complexity index is 1040. The van der Waals surface area contributed by atoms with E-state index in [1.54, 1.807) is 12.1 Å². The molecule has 0 aliphatic carbocycles. The highest BCUT2D eigenvalue weighted by molar-refractivity contribution is 6.40. The highest BCUT2D eigenvalue weighted by Crippen LogP contribution is 2.31. The van der Waals surface area contributed by atoms with E-state index in [2.05, 4.69) is 57.6 Å². The third-order valence-electron chi connectivity index (χ3n) is 6.70. The number of benzene rings is 2. The molecule has 8 heteroatoms. The summed E-state index contributed by atoms with van der Waals surface area (Å²) in [6.07, 6.45) is 1.03. The summed E-state index contributed by atoms with van der Waals surface area (Å²) in [5, 5.41) is 6.06. The lowest BCUT2D eigenvalue weighted by molar-refractivity contribution is -0.136. The number of hydrogen-bond acceptors (Lipinski definition) is 5. The van der Waals surface area contributed by atoms with Crippen LogP contribution in [0.1, 0.15) is 22.7 Å². The fourth-order valence-corrected chi connectivity index (χ4v) is 4.74. The highest BCUT2D eigenvalue weighted by Gasteiger charge is 2.27. The smallest absolute Gasteiger partial charge is 0.313 e. The quantitative estimate of drug-likeness (QED) is 0.659. The SMILES string of the molecule is Cc1ccc(Cl)cc1NC(=O)C(=O)NCC(c1ccc2c(c1)CCN2C)N1CCN(C)CC1. The van der Waals surface area contributed by atoms with Gasteiger partial charge in [-0.25, -0.2) is 0 Å². The van der Waals surface area contributed by atoms with Gasteiger partial charge in [0.2, 0.25) is 0 Å². The van der Waals surface area contributed by atoms with E-state index in [1.165, 1.54) is 16.8 Å². The number of fused-ring (bicyclic) bond motifs is 1. The second-order valence-corrected chi connectivity index (χ2v) is 9.47. The molecule has 4 rings (SSSR count). The zero-order chi connectivity index (χ0) is 23.5. The van der Waals surface area contributed by atoms with Crippen LogP contribution in [0.25, 0.3) is 0 Å². The van der Waals surface area contributed by atoms with E-state index in [0.717, 1.165) is 44.7 Å². The third-order valence-corrected chi connectivity index (χ3v) is 6.94. The van der Waals surface area contributed by atoms with Crippen molar-refractivity contribution in [3.05, 3.63) is 58.1 Å². The van der Waals surface area contributed by atoms with E-state index in [-0.39, 0.29) is 6.04 Å². The van der Waals surface area contributed by atoms with Crippen LogP contribution in [0.2, 0.25) is 5.02 Å². The fraction of sp³-hybridized carbons (Fsp3) is 0.440. The number of aryl methyl sites for hydroxylation is 1. The molecule has 2 aromatic rings. The zero-order valence-corrected chi connectivity index (χ0v) is 20.3. The maximum absolute atomic E-state index is 12.7. The molecule has 1 unspecified atom stereocenters. The minimum atomic E-state index is -0.687. The third kappa shape index (κ3) is 5.49. The zero-order valence-electron chi connectivity index (χ0n) is 19.5. The van der Waals surface area contributed by atoms with E-state index in [0.29, 0.717) is 17.3 Å². The molecule has 0 spiro atoms. The van der Waals surface area contributed by atoms with Gasteiger partial charge in [0, 0.05) is 62.7 Å². The number of piperazine rings is 1. The highest BCUT2D eigenvalue weighted by atomic mass is 35.5. The predicted octanol–water partition coefficient (Wildman–Crippen LogP) is 2.68. The lowest BCUT2D eigenvalue weighted by Crippen LogP contribution is -2.49. The van der Waals surface area contributed by atoms with Crippen LogP contribution in [0.3, 0.4) is 0 Å². The first-order chi connectivity index (χ1) is 15.8. The summed E-state index contributed by atoms with van der Waals surface area (Å²) in [6.45, 7) is 7.05. The Morgan fingerprint density at radius 3 is 2.52 bits per heavy atom. The molecular weight excluding hydrogens is 438 g/mol. The van der Waals surface area contributed by atoms with Gasteiger partial charge in [-0.2, -0.15) is 0 Å². The van der Waals surface area contributed by atoms with Crippen molar-refractivity contribution in [1.82, 2.24) is 15.1 Å². The second-order valence-electron chi connectivity index (χ2n) is 9.04. The van der Waals surface area contributed by atoms with E-state index < -0.39 is 11.8 Å². The van der Waals surface area contributed by atoms with Crippen molar-refractivity contribution in [3.63, 3.8) is 0 Å². The molecule has 2 amide bonds. The first kappa shape index (κ1) is 23.5. The molecule has 7 nitrogen and oxygen atoms in total. The molecule has 2 heterocycles. The maximum atomic E-state index is 12.7. The van der Waals surface area contributed by atoms with Crippen LogP contribution in [-0.4, -0.2) is 75.0 Å². The molecule has 2 aliphatic heterocycles. The maximum Gasteiger partial charge on any atom is 0.313 e. The van der Waals surface area contributed by atoms with Crippen LogP contribution in [0, 0.1) is 6.92 Å². The number of hydrogen-bond donors (Lipinski definition) is 2. The minimum absolute atomic E-state index is 0.0135. The summed E-state index contributed by atoms with van der Waals surface area (Å²) >= 11 is 6.03. The van der Waals surface area contributed by atoms with Crippen LogP contribution in [-0.2, 0) is 16.0 Å². The number of amides is 2. The van der Waals surface area contributed by atoms with Gasteiger partial charge in [-0.3, -0.25) is 14.5 Å². The van der Waals surface area contributed by atoms with Gasteiger partial charge in [0.05, 0.1) is 6.04 Å². The van der Waals surface area contributed by atoms with Crippen molar-refractivity contribution in [1.29, 1.82) is 0 Å². The number of carbonyl (C=O) groups excluding carboxylic acids is 2. The number of carbonyl (C=O) groups is 2. The van der Waals surface area contributed by atoms with Crippen molar-refractivity contribution in [3.8, 4) is 0 Å². The average Bonchev–Trinajstić information content (AvgIpc) is 3.17.